The van der Waals surface area contributed by atoms with Gasteiger partial charge in [0.05, 0.1) is 6.17 Å². The van der Waals surface area contributed by atoms with Crippen LogP contribution in [0.3, 0.4) is 0 Å². The molecule has 2 aromatic carbocycles. The van der Waals surface area contributed by atoms with Gasteiger partial charge in [0.2, 0.25) is 0 Å². The second kappa shape index (κ2) is 6.37. The molecule has 120 valence electrons. The smallest absolute Gasteiger partial charge is 0.0804 e. The van der Waals surface area contributed by atoms with Gasteiger partial charge in [0, 0.05) is 11.7 Å². The number of hydrogen-bond donors (Lipinski definition) is 1. The molecule has 0 radical (unpaired) electrons. The summed E-state index contributed by atoms with van der Waals surface area (Å²) in [6.07, 6.45) is 5.35. The third-order valence-corrected chi connectivity index (χ3v) is 5.56. The molecule has 3 atom stereocenters. The predicted molar refractivity (Wildman–Crippen MR) is 96.9 cm³/mol. The Labute approximate surface area is 139 Å². The van der Waals surface area contributed by atoms with Gasteiger partial charge in [0.25, 0.3) is 0 Å². The van der Waals surface area contributed by atoms with Crippen molar-refractivity contribution in [3.05, 3.63) is 65.7 Å². The van der Waals surface area contributed by atoms with E-state index in [2.05, 4.69) is 71.7 Å². The summed E-state index contributed by atoms with van der Waals surface area (Å²) in [5.41, 5.74) is 4.45. The molecule has 2 nitrogen and oxygen atoms in total. The van der Waals surface area contributed by atoms with E-state index >= 15 is 0 Å². The number of benzene rings is 2. The second-order valence-corrected chi connectivity index (χ2v) is 7.03. The molecular weight excluding hydrogens is 280 g/mol. The van der Waals surface area contributed by atoms with Gasteiger partial charge in [-0.05, 0) is 62.3 Å². The standard InChI is InChI=1S/C21H26N2/c1-16-11-12-18-9-5-6-10-20(18)23(16)21-15-19(13-14-22-21)17-7-3-2-4-8-17/h2-10,16,19,21-22H,11-15H2,1H3. The van der Waals surface area contributed by atoms with Crippen LogP contribution in [0, 0.1) is 0 Å². The number of nitrogens with one attached hydrogen (secondary N) is 1. The van der Waals surface area contributed by atoms with E-state index in [4.69, 9.17) is 0 Å². The quantitative estimate of drug-likeness (QED) is 0.889. The molecule has 1 saturated heterocycles. The molecule has 2 aliphatic heterocycles. The van der Waals surface area contributed by atoms with Crippen LogP contribution in [0.4, 0.5) is 5.69 Å². The molecule has 2 heteroatoms. The number of rotatable bonds is 2. The maximum Gasteiger partial charge on any atom is 0.0804 e. The third-order valence-electron chi connectivity index (χ3n) is 5.56. The Morgan fingerprint density at radius 1 is 0.957 bits per heavy atom. The Balaban J connectivity index is 1.60. The van der Waals surface area contributed by atoms with Crippen LogP contribution in [0.2, 0.25) is 0 Å². The molecule has 0 amide bonds. The number of aryl methyl sites for hydroxylation is 1. The van der Waals surface area contributed by atoms with Crippen LogP contribution < -0.4 is 10.2 Å². The number of nitrogens with zero attached hydrogens (tertiary/aromatic N) is 1. The SMILES string of the molecule is CC1CCc2ccccc2N1C1CC(c2ccccc2)CCN1. The third kappa shape index (κ3) is 2.88. The van der Waals surface area contributed by atoms with Crippen LogP contribution in [0.25, 0.3) is 0 Å². The summed E-state index contributed by atoms with van der Waals surface area (Å²) in [6, 6.07) is 20.6. The van der Waals surface area contributed by atoms with Crippen LogP contribution in [0.1, 0.15) is 43.2 Å². The maximum absolute atomic E-state index is 3.79. The molecule has 0 aliphatic carbocycles. The van der Waals surface area contributed by atoms with Gasteiger partial charge in [-0.15, -0.1) is 0 Å². The van der Waals surface area contributed by atoms with Gasteiger partial charge >= 0.3 is 0 Å². The highest BCUT2D eigenvalue weighted by Crippen LogP contribution is 2.36. The van der Waals surface area contributed by atoms with E-state index in [9.17, 15) is 0 Å². The fourth-order valence-corrected chi connectivity index (χ4v) is 4.32. The van der Waals surface area contributed by atoms with E-state index in [1.807, 2.05) is 0 Å². The molecule has 1 fully saturated rings. The molecule has 4 rings (SSSR count). The lowest BCUT2D eigenvalue weighted by atomic mass is 9.86. The Morgan fingerprint density at radius 2 is 1.74 bits per heavy atom. The first-order valence-electron chi connectivity index (χ1n) is 8.97. The van der Waals surface area contributed by atoms with E-state index in [0.717, 1.165) is 6.54 Å². The highest BCUT2D eigenvalue weighted by Gasteiger charge is 2.32. The normalized spacial score (nSPS) is 27.5. The molecule has 2 heterocycles. The van der Waals surface area contributed by atoms with Crippen molar-refractivity contribution in [3.8, 4) is 0 Å². The molecular formula is C21H26N2. The van der Waals surface area contributed by atoms with Gasteiger partial charge in [0.1, 0.15) is 0 Å². The topological polar surface area (TPSA) is 15.3 Å². The predicted octanol–water partition coefficient (Wildman–Crippen LogP) is 4.32. The van der Waals surface area contributed by atoms with Crippen LogP contribution >= 0.6 is 0 Å². The summed E-state index contributed by atoms with van der Waals surface area (Å²) < 4.78 is 0. The molecule has 3 unspecified atom stereocenters. The zero-order valence-corrected chi connectivity index (χ0v) is 13.9. The number of anilines is 1. The summed E-state index contributed by atoms with van der Waals surface area (Å²) in [4.78, 5) is 2.65. The molecule has 2 aliphatic rings. The average Bonchev–Trinajstić information content (AvgIpc) is 2.62. The van der Waals surface area contributed by atoms with E-state index < -0.39 is 0 Å². The number of piperidine rings is 1. The lowest BCUT2D eigenvalue weighted by molar-refractivity contribution is 0.325. The number of para-hydroxylation sites is 1. The van der Waals surface area contributed by atoms with Gasteiger partial charge in [-0.1, -0.05) is 48.5 Å². The summed E-state index contributed by atoms with van der Waals surface area (Å²) in [5, 5.41) is 3.79. The minimum absolute atomic E-state index is 0.449. The van der Waals surface area contributed by atoms with Gasteiger partial charge < -0.3 is 4.90 Å². The summed E-state index contributed by atoms with van der Waals surface area (Å²) >= 11 is 0. The Hall–Kier alpha value is -1.80. The Bertz CT molecular complexity index is 652. The average molecular weight is 306 g/mol. The number of hydrogen-bond acceptors (Lipinski definition) is 2. The molecule has 1 N–H and O–H groups in total. The molecule has 0 bridgehead atoms. The first-order chi connectivity index (χ1) is 11.3. The van der Waals surface area contributed by atoms with E-state index in [1.54, 1.807) is 0 Å². The van der Waals surface area contributed by atoms with Crippen molar-refractivity contribution < 1.29 is 0 Å². The molecule has 0 spiro atoms. The van der Waals surface area contributed by atoms with Crippen LogP contribution in [-0.2, 0) is 6.42 Å². The fraction of sp³-hybridized carbons (Fsp3) is 0.429. The van der Waals surface area contributed by atoms with Crippen molar-refractivity contribution in [2.24, 2.45) is 0 Å². The first kappa shape index (κ1) is 14.8. The van der Waals surface area contributed by atoms with Gasteiger partial charge in [0.15, 0.2) is 0 Å². The van der Waals surface area contributed by atoms with E-state index in [0.29, 0.717) is 18.1 Å². The lowest BCUT2D eigenvalue weighted by Gasteiger charge is -2.46. The van der Waals surface area contributed by atoms with Gasteiger partial charge in [-0.2, -0.15) is 0 Å². The number of fused-ring (bicyclic) bond motifs is 1. The Morgan fingerprint density at radius 3 is 2.61 bits per heavy atom. The maximum atomic E-state index is 3.79. The van der Waals surface area contributed by atoms with Crippen molar-refractivity contribution in [1.82, 2.24) is 5.32 Å². The zero-order valence-electron chi connectivity index (χ0n) is 13.9. The van der Waals surface area contributed by atoms with Crippen molar-refractivity contribution in [2.45, 2.75) is 50.7 Å². The molecule has 23 heavy (non-hydrogen) atoms. The monoisotopic (exact) mass is 306 g/mol. The highest BCUT2D eigenvalue weighted by molar-refractivity contribution is 5.57. The van der Waals surface area contributed by atoms with Crippen molar-refractivity contribution >= 4 is 5.69 Å². The minimum atomic E-state index is 0.449. The van der Waals surface area contributed by atoms with Crippen LogP contribution in [-0.4, -0.2) is 18.8 Å². The second-order valence-electron chi connectivity index (χ2n) is 7.03. The first-order valence-corrected chi connectivity index (χ1v) is 8.97. The summed E-state index contributed by atoms with van der Waals surface area (Å²) in [6.45, 7) is 3.49. The molecule has 0 saturated carbocycles. The fourth-order valence-electron chi connectivity index (χ4n) is 4.32. The highest BCUT2D eigenvalue weighted by atomic mass is 15.3. The summed E-state index contributed by atoms with van der Waals surface area (Å²) in [7, 11) is 0. The largest absolute Gasteiger partial charge is 0.353 e. The molecule has 0 aromatic heterocycles. The van der Waals surface area contributed by atoms with E-state index in [1.165, 1.54) is 42.5 Å². The zero-order chi connectivity index (χ0) is 15.6. The molecule has 2 aromatic rings. The lowest BCUT2D eigenvalue weighted by Crippen LogP contribution is -2.54. The van der Waals surface area contributed by atoms with Crippen molar-refractivity contribution in [3.63, 3.8) is 0 Å². The Kier molecular flexibility index (Phi) is 4.09. The van der Waals surface area contributed by atoms with Crippen molar-refractivity contribution in [2.75, 3.05) is 11.4 Å². The van der Waals surface area contributed by atoms with Crippen LogP contribution in [0.5, 0.6) is 0 Å². The van der Waals surface area contributed by atoms with Gasteiger partial charge in [-0.3, -0.25) is 5.32 Å². The minimum Gasteiger partial charge on any atom is -0.353 e. The van der Waals surface area contributed by atoms with E-state index in [-0.39, 0.29) is 0 Å². The van der Waals surface area contributed by atoms with Gasteiger partial charge in [-0.25, -0.2) is 0 Å². The van der Waals surface area contributed by atoms with Crippen molar-refractivity contribution in [1.29, 1.82) is 0 Å². The van der Waals surface area contributed by atoms with Crippen LogP contribution in [0.15, 0.2) is 54.6 Å². The summed E-state index contributed by atoms with van der Waals surface area (Å²) in [5.74, 6) is 0.670.